The van der Waals surface area contributed by atoms with Gasteiger partial charge in [-0.15, -0.1) is 24.8 Å². The van der Waals surface area contributed by atoms with Gasteiger partial charge in [-0.3, -0.25) is 0 Å². The molecule has 0 radical (unpaired) electrons. The maximum Gasteiger partial charge on any atom is 0.0449 e. The van der Waals surface area contributed by atoms with Crippen LogP contribution >= 0.6 is 24.8 Å². The Morgan fingerprint density at radius 3 is 2.06 bits per heavy atom. The van der Waals surface area contributed by atoms with E-state index in [9.17, 15) is 0 Å². The summed E-state index contributed by atoms with van der Waals surface area (Å²) in [4.78, 5) is 2.04. The van der Waals surface area contributed by atoms with Crippen LogP contribution in [-0.4, -0.2) is 25.8 Å². The Morgan fingerprint density at radius 1 is 1.19 bits per heavy atom. The molecule has 0 aliphatic carbocycles. The van der Waals surface area contributed by atoms with Gasteiger partial charge in [0.15, 0.2) is 0 Å². The van der Waals surface area contributed by atoms with Gasteiger partial charge in [0.2, 0.25) is 0 Å². The van der Waals surface area contributed by atoms with Gasteiger partial charge >= 0.3 is 0 Å². The molecule has 3 N–H and O–H groups in total. The third-order valence-electron chi connectivity index (χ3n) is 2.28. The number of rotatable bonds is 4. The van der Waals surface area contributed by atoms with Crippen molar-refractivity contribution in [2.24, 2.45) is 5.73 Å². The molecule has 16 heavy (non-hydrogen) atoms. The second-order valence-electron chi connectivity index (χ2n) is 3.60. The standard InChI is InChI=1S/C11H18N2O.2ClH/c1-13(2)10-5-3-9(4-6-10)11(12)7-8-14;;/h3-6,11,14H,7-8,12H2,1-2H3;2*1H. The molecule has 0 saturated heterocycles. The molecular formula is C11H20Cl2N2O. The molecule has 0 fully saturated rings. The van der Waals surface area contributed by atoms with Crippen molar-refractivity contribution in [3.8, 4) is 0 Å². The van der Waals surface area contributed by atoms with Gasteiger partial charge < -0.3 is 15.7 Å². The van der Waals surface area contributed by atoms with E-state index in [1.54, 1.807) is 0 Å². The number of benzene rings is 1. The third-order valence-corrected chi connectivity index (χ3v) is 2.28. The molecule has 94 valence electrons. The fourth-order valence-electron chi connectivity index (χ4n) is 1.33. The topological polar surface area (TPSA) is 49.5 Å². The van der Waals surface area contributed by atoms with Crippen LogP contribution in [0.3, 0.4) is 0 Å². The minimum absolute atomic E-state index is 0. The van der Waals surface area contributed by atoms with Crippen molar-refractivity contribution in [2.75, 3.05) is 25.6 Å². The normalized spacial score (nSPS) is 11.0. The smallest absolute Gasteiger partial charge is 0.0449 e. The molecule has 0 spiro atoms. The van der Waals surface area contributed by atoms with E-state index < -0.39 is 0 Å². The number of aliphatic hydroxyl groups excluding tert-OH is 1. The highest BCUT2D eigenvalue weighted by molar-refractivity contribution is 5.85. The van der Waals surface area contributed by atoms with Crippen LogP contribution in [0.15, 0.2) is 24.3 Å². The highest BCUT2D eigenvalue weighted by atomic mass is 35.5. The fraction of sp³-hybridized carbons (Fsp3) is 0.455. The summed E-state index contributed by atoms with van der Waals surface area (Å²) in [6, 6.07) is 8.03. The average molecular weight is 267 g/mol. The monoisotopic (exact) mass is 266 g/mol. The van der Waals surface area contributed by atoms with Gasteiger partial charge in [-0.25, -0.2) is 0 Å². The predicted molar refractivity (Wildman–Crippen MR) is 73.9 cm³/mol. The largest absolute Gasteiger partial charge is 0.396 e. The molecular weight excluding hydrogens is 247 g/mol. The van der Waals surface area contributed by atoms with E-state index in [-0.39, 0.29) is 37.5 Å². The molecule has 1 unspecified atom stereocenters. The zero-order valence-electron chi connectivity index (χ0n) is 9.59. The summed E-state index contributed by atoms with van der Waals surface area (Å²) >= 11 is 0. The summed E-state index contributed by atoms with van der Waals surface area (Å²) in [7, 11) is 4.01. The van der Waals surface area contributed by atoms with Crippen LogP contribution in [-0.2, 0) is 0 Å². The predicted octanol–water partition coefficient (Wildman–Crippen LogP) is 1.98. The second-order valence-corrected chi connectivity index (χ2v) is 3.60. The molecule has 0 aromatic heterocycles. The van der Waals surface area contributed by atoms with E-state index in [0.717, 1.165) is 11.3 Å². The van der Waals surface area contributed by atoms with Crippen LogP contribution in [0.1, 0.15) is 18.0 Å². The third kappa shape index (κ3) is 5.03. The second kappa shape index (κ2) is 8.65. The summed E-state index contributed by atoms with van der Waals surface area (Å²) < 4.78 is 0. The molecule has 0 saturated carbocycles. The lowest BCUT2D eigenvalue weighted by molar-refractivity contribution is 0.276. The number of halogens is 2. The van der Waals surface area contributed by atoms with Crippen LogP contribution in [0.5, 0.6) is 0 Å². The maximum absolute atomic E-state index is 8.75. The molecule has 0 heterocycles. The van der Waals surface area contributed by atoms with Gasteiger partial charge in [0.25, 0.3) is 0 Å². The Labute approximate surface area is 109 Å². The van der Waals surface area contributed by atoms with Gasteiger partial charge in [-0.05, 0) is 24.1 Å². The lowest BCUT2D eigenvalue weighted by Gasteiger charge is -2.15. The Bertz CT molecular complexity index is 278. The summed E-state index contributed by atoms with van der Waals surface area (Å²) in [5.74, 6) is 0. The molecule has 1 atom stereocenters. The lowest BCUT2D eigenvalue weighted by Crippen LogP contribution is -2.13. The van der Waals surface area contributed by atoms with Gasteiger partial charge in [-0.1, -0.05) is 12.1 Å². The molecule has 5 heteroatoms. The zero-order valence-corrected chi connectivity index (χ0v) is 11.2. The Morgan fingerprint density at radius 2 is 1.69 bits per heavy atom. The van der Waals surface area contributed by atoms with Crippen molar-refractivity contribution in [1.82, 2.24) is 0 Å². The molecule has 0 aliphatic heterocycles. The van der Waals surface area contributed by atoms with E-state index >= 15 is 0 Å². The van der Waals surface area contributed by atoms with Crippen molar-refractivity contribution >= 4 is 30.5 Å². The number of anilines is 1. The van der Waals surface area contributed by atoms with E-state index in [0.29, 0.717) is 6.42 Å². The first-order chi connectivity index (χ1) is 6.65. The first kappa shape index (κ1) is 17.9. The van der Waals surface area contributed by atoms with Crippen molar-refractivity contribution in [2.45, 2.75) is 12.5 Å². The van der Waals surface area contributed by atoms with Crippen molar-refractivity contribution in [3.05, 3.63) is 29.8 Å². The molecule has 1 aromatic carbocycles. The minimum Gasteiger partial charge on any atom is -0.396 e. The zero-order chi connectivity index (χ0) is 10.6. The highest BCUT2D eigenvalue weighted by Crippen LogP contribution is 2.17. The molecule has 1 aromatic rings. The van der Waals surface area contributed by atoms with Crippen LogP contribution in [0.2, 0.25) is 0 Å². The molecule has 1 rings (SSSR count). The Kier molecular flexibility index (Phi) is 9.67. The first-order valence-electron chi connectivity index (χ1n) is 4.79. The summed E-state index contributed by atoms with van der Waals surface area (Å²) in [6.45, 7) is 0.136. The van der Waals surface area contributed by atoms with Gasteiger partial charge in [0, 0.05) is 32.4 Å². The molecule has 0 bridgehead atoms. The summed E-state index contributed by atoms with van der Waals surface area (Å²) in [6.07, 6.45) is 0.612. The van der Waals surface area contributed by atoms with Crippen LogP contribution in [0, 0.1) is 0 Å². The van der Waals surface area contributed by atoms with Gasteiger partial charge in [-0.2, -0.15) is 0 Å². The van der Waals surface area contributed by atoms with Gasteiger partial charge in [0.05, 0.1) is 0 Å². The van der Waals surface area contributed by atoms with E-state index in [1.165, 1.54) is 0 Å². The minimum atomic E-state index is -0.0591. The quantitative estimate of drug-likeness (QED) is 0.877. The molecule has 0 aliphatic rings. The first-order valence-corrected chi connectivity index (χ1v) is 4.79. The fourth-order valence-corrected chi connectivity index (χ4v) is 1.33. The van der Waals surface area contributed by atoms with E-state index in [2.05, 4.69) is 0 Å². The van der Waals surface area contributed by atoms with E-state index in [4.69, 9.17) is 10.8 Å². The van der Waals surface area contributed by atoms with Crippen molar-refractivity contribution in [3.63, 3.8) is 0 Å². The highest BCUT2D eigenvalue weighted by Gasteiger charge is 2.04. The summed E-state index contributed by atoms with van der Waals surface area (Å²) in [5, 5.41) is 8.75. The van der Waals surface area contributed by atoms with Crippen LogP contribution < -0.4 is 10.6 Å². The average Bonchev–Trinajstić information content (AvgIpc) is 2.18. The number of aliphatic hydroxyl groups is 1. The Balaban J connectivity index is 0. The van der Waals surface area contributed by atoms with Crippen molar-refractivity contribution in [1.29, 1.82) is 0 Å². The number of nitrogens with two attached hydrogens (primary N) is 1. The van der Waals surface area contributed by atoms with Crippen LogP contribution in [0.25, 0.3) is 0 Å². The summed E-state index contributed by atoms with van der Waals surface area (Å²) in [5.41, 5.74) is 8.09. The molecule has 0 amide bonds. The van der Waals surface area contributed by atoms with E-state index in [1.807, 2.05) is 43.3 Å². The van der Waals surface area contributed by atoms with Gasteiger partial charge in [0.1, 0.15) is 0 Å². The Hall–Kier alpha value is -0.480. The number of hydrogen-bond donors (Lipinski definition) is 2. The maximum atomic E-state index is 8.75. The van der Waals surface area contributed by atoms with Crippen molar-refractivity contribution < 1.29 is 5.11 Å². The molecule has 3 nitrogen and oxygen atoms in total. The lowest BCUT2D eigenvalue weighted by atomic mass is 10.0. The number of nitrogens with zero attached hydrogens (tertiary/aromatic N) is 1. The number of hydrogen-bond acceptors (Lipinski definition) is 3. The van der Waals surface area contributed by atoms with Crippen LogP contribution in [0.4, 0.5) is 5.69 Å². The SMILES string of the molecule is CN(C)c1ccc(C(N)CCO)cc1.Cl.Cl.